The van der Waals surface area contributed by atoms with Crippen molar-refractivity contribution in [2.45, 2.75) is 31.1 Å². The number of nitrogens with two attached hydrogens (primary N) is 1. The Bertz CT molecular complexity index is 525. The molecule has 0 bridgehead atoms. The summed E-state index contributed by atoms with van der Waals surface area (Å²) in [6.07, 6.45) is -2.77. The number of alkyl halides is 3. The smallest absolute Gasteiger partial charge is 0.370 e. The Morgan fingerprint density at radius 2 is 2.11 bits per heavy atom. The van der Waals surface area contributed by atoms with E-state index in [0.29, 0.717) is 12.2 Å². The number of nitrogens with zero attached hydrogens (tertiary/aromatic N) is 2. The maximum Gasteiger partial charge on any atom is 0.411 e. The molecule has 0 fully saturated rings. The number of imidazole rings is 1. The molecule has 0 amide bonds. The highest BCUT2D eigenvalue weighted by Crippen LogP contribution is 2.14. The largest absolute Gasteiger partial charge is 0.411 e. The molecule has 0 saturated heterocycles. The summed E-state index contributed by atoms with van der Waals surface area (Å²) in [6, 6.07) is 0. The number of hydrogen-bond donors (Lipinski definition) is 1. The summed E-state index contributed by atoms with van der Waals surface area (Å²) < 4.78 is 63.6. The van der Waals surface area contributed by atoms with Gasteiger partial charge in [0.15, 0.2) is 5.03 Å². The molecule has 6 nitrogen and oxygen atoms in total. The van der Waals surface area contributed by atoms with Crippen LogP contribution in [0.5, 0.6) is 0 Å². The Morgan fingerprint density at radius 1 is 1.47 bits per heavy atom. The summed E-state index contributed by atoms with van der Waals surface area (Å²) in [6.45, 7) is 0.266. The molecule has 10 heteroatoms. The van der Waals surface area contributed by atoms with Crippen LogP contribution in [0, 0.1) is 0 Å². The first-order valence-corrected chi connectivity index (χ1v) is 6.91. The van der Waals surface area contributed by atoms with Gasteiger partial charge < -0.3 is 9.30 Å². The lowest BCUT2D eigenvalue weighted by molar-refractivity contribution is -0.174. The fraction of sp³-hybridized carbons (Fsp3) is 0.667. The van der Waals surface area contributed by atoms with Gasteiger partial charge in [0.05, 0.1) is 6.61 Å². The first-order chi connectivity index (χ1) is 8.63. The van der Waals surface area contributed by atoms with Crippen molar-refractivity contribution in [1.82, 2.24) is 9.55 Å². The molecular formula is C9H14F3N3O3S. The van der Waals surface area contributed by atoms with Crippen LogP contribution < -0.4 is 5.14 Å². The maximum absolute atomic E-state index is 11.8. The van der Waals surface area contributed by atoms with Gasteiger partial charge in [-0.25, -0.2) is 18.5 Å². The third kappa shape index (κ3) is 5.17. The Balaban J connectivity index is 2.66. The highest BCUT2D eigenvalue weighted by atomic mass is 32.2. The number of ether oxygens (including phenoxy) is 1. The van der Waals surface area contributed by atoms with Gasteiger partial charge in [0.25, 0.3) is 10.0 Å². The summed E-state index contributed by atoms with van der Waals surface area (Å²) in [5, 5.41) is 4.62. The molecule has 2 N–H and O–H groups in total. The molecule has 1 heterocycles. The number of hydrogen-bond acceptors (Lipinski definition) is 4. The zero-order chi connectivity index (χ0) is 14.7. The third-order valence-electron chi connectivity index (χ3n) is 2.19. The molecule has 0 radical (unpaired) electrons. The molecule has 0 aliphatic carbocycles. The van der Waals surface area contributed by atoms with E-state index >= 15 is 0 Å². The first-order valence-electron chi connectivity index (χ1n) is 5.37. The Hall–Kier alpha value is -1.13. The van der Waals surface area contributed by atoms with Crippen molar-refractivity contribution in [1.29, 1.82) is 0 Å². The highest BCUT2D eigenvalue weighted by Gasteiger charge is 2.27. The number of rotatable bonds is 6. The molecular weight excluding hydrogens is 287 g/mol. The Kier molecular flexibility index (Phi) is 4.93. The van der Waals surface area contributed by atoms with Crippen molar-refractivity contribution in [3.63, 3.8) is 0 Å². The van der Waals surface area contributed by atoms with E-state index in [2.05, 4.69) is 9.72 Å². The minimum Gasteiger partial charge on any atom is -0.370 e. The van der Waals surface area contributed by atoms with E-state index in [4.69, 9.17) is 5.14 Å². The molecule has 0 aliphatic heterocycles. The normalized spacial score (nSPS) is 12.9. The zero-order valence-electron chi connectivity index (χ0n) is 10.1. The summed E-state index contributed by atoms with van der Waals surface area (Å²) in [7, 11) is -3.92. The molecule has 1 aromatic heterocycles. The van der Waals surface area contributed by atoms with Crippen LogP contribution in [0.15, 0.2) is 11.2 Å². The molecule has 0 spiro atoms. The fourth-order valence-electron chi connectivity index (χ4n) is 1.39. The Morgan fingerprint density at radius 3 is 2.58 bits per heavy atom. The van der Waals surface area contributed by atoms with Gasteiger partial charge in [0.2, 0.25) is 0 Å². The lowest BCUT2D eigenvalue weighted by atomic mass is 10.4. The van der Waals surface area contributed by atoms with Gasteiger partial charge in [0, 0.05) is 19.2 Å². The molecule has 0 aliphatic rings. The molecule has 1 aromatic rings. The minimum absolute atomic E-state index is 0.0712. The van der Waals surface area contributed by atoms with Crippen LogP contribution in [0.4, 0.5) is 13.2 Å². The van der Waals surface area contributed by atoms with E-state index in [1.165, 1.54) is 10.8 Å². The predicted octanol–water partition coefficient (Wildman–Crippen LogP) is 0.672. The Labute approximate surface area is 108 Å². The van der Waals surface area contributed by atoms with Crippen LogP contribution >= 0.6 is 0 Å². The molecule has 0 aromatic carbocycles. The number of halogens is 3. The molecule has 1 rings (SSSR count). The van der Waals surface area contributed by atoms with E-state index in [-0.39, 0.29) is 18.2 Å². The standard InChI is InChI=1S/C9H14F3N3O3S/c1-2-7-14-8(19(13,16)17)5-15(7)3-4-18-6-9(10,11)12/h5H,2-4,6H2,1H3,(H2,13,16,17). The van der Waals surface area contributed by atoms with Crippen LogP contribution in [0.1, 0.15) is 12.7 Å². The average Bonchev–Trinajstić information content (AvgIpc) is 2.66. The lowest BCUT2D eigenvalue weighted by Crippen LogP contribution is -2.19. The van der Waals surface area contributed by atoms with Gasteiger partial charge >= 0.3 is 6.18 Å². The number of aromatic nitrogens is 2. The lowest BCUT2D eigenvalue weighted by Gasteiger charge is -2.09. The van der Waals surface area contributed by atoms with Gasteiger partial charge in [-0.3, -0.25) is 0 Å². The molecule has 0 saturated carbocycles. The van der Waals surface area contributed by atoms with E-state index < -0.39 is 22.8 Å². The zero-order valence-corrected chi connectivity index (χ0v) is 11.0. The fourth-order valence-corrected chi connectivity index (χ4v) is 1.90. The van der Waals surface area contributed by atoms with Crippen molar-refractivity contribution in [3.05, 3.63) is 12.0 Å². The van der Waals surface area contributed by atoms with Crippen LogP contribution in [-0.2, 0) is 27.7 Å². The molecule has 19 heavy (non-hydrogen) atoms. The molecule has 0 atom stereocenters. The van der Waals surface area contributed by atoms with Crippen LogP contribution in [0.2, 0.25) is 0 Å². The number of aryl methyl sites for hydroxylation is 1. The van der Waals surface area contributed by atoms with Crippen LogP contribution in [0.25, 0.3) is 0 Å². The van der Waals surface area contributed by atoms with Crippen molar-refractivity contribution in [2.75, 3.05) is 13.2 Å². The van der Waals surface area contributed by atoms with E-state index in [1.54, 1.807) is 6.92 Å². The van der Waals surface area contributed by atoms with Crippen LogP contribution in [0.3, 0.4) is 0 Å². The maximum atomic E-state index is 11.8. The van der Waals surface area contributed by atoms with E-state index in [9.17, 15) is 21.6 Å². The van der Waals surface area contributed by atoms with E-state index in [0.717, 1.165) is 0 Å². The molecule has 0 unspecified atom stereocenters. The average molecular weight is 301 g/mol. The second-order valence-corrected chi connectivity index (χ2v) is 5.26. The van der Waals surface area contributed by atoms with Gasteiger partial charge in [0.1, 0.15) is 12.4 Å². The van der Waals surface area contributed by atoms with Crippen molar-refractivity contribution < 1.29 is 26.3 Å². The summed E-state index contributed by atoms with van der Waals surface area (Å²) in [5.74, 6) is 0.416. The summed E-state index contributed by atoms with van der Waals surface area (Å²) >= 11 is 0. The second-order valence-electron chi connectivity index (χ2n) is 3.76. The highest BCUT2D eigenvalue weighted by molar-refractivity contribution is 7.89. The van der Waals surface area contributed by atoms with Crippen molar-refractivity contribution in [3.8, 4) is 0 Å². The SMILES string of the molecule is CCc1nc(S(N)(=O)=O)cn1CCOCC(F)(F)F. The monoisotopic (exact) mass is 301 g/mol. The minimum atomic E-state index is -4.38. The van der Waals surface area contributed by atoms with Crippen molar-refractivity contribution in [2.24, 2.45) is 5.14 Å². The first kappa shape index (κ1) is 15.9. The van der Waals surface area contributed by atoms with Gasteiger partial charge in [-0.2, -0.15) is 13.2 Å². The van der Waals surface area contributed by atoms with Gasteiger partial charge in [-0.05, 0) is 0 Å². The summed E-state index contributed by atoms with van der Waals surface area (Å²) in [5.41, 5.74) is 0. The topological polar surface area (TPSA) is 87.2 Å². The van der Waals surface area contributed by atoms with Crippen LogP contribution in [-0.4, -0.2) is 37.4 Å². The van der Waals surface area contributed by atoms with Crippen molar-refractivity contribution >= 4 is 10.0 Å². The quantitative estimate of drug-likeness (QED) is 0.782. The van der Waals surface area contributed by atoms with Gasteiger partial charge in [-0.1, -0.05) is 6.92 Å². The second kappa shape index (κ2) is 5.88. The summed E-state index contributed by atoms with van der Waals surface area (Å²) in [4.78, 5) is 3.80. The third-order valence-corrected chi connectivity index (χ3v) is 2.97. The van der Waals surface area contributed by atoms with Gasteiger partial charge in [-0.15, -0.1) is 0 Å². The molecule has 110 valence electrons. The number of sulfonamides is 1. The van der Waals surface area contributed by atoms with E-state index in [1.807, 2.05) is 0 Å². The predicted molar refractivity (Wildman–Crippen MR) is 59.9 cm³/mol. The number of primary sulfonamides is 1.